The van der Waals surface area contributed by atoms with Gasteiger partial charge in [0.15, 0.2) is 0 Å². The zero-order chi connectivity index (χ0) is 19.7. The number of aliphatic hydroxyl groups excluding tert-OH is 3. The van der Waals surface area contributed by atoms with Crippen LogP contribution in [0.4, 0.5) is 0 Å². The van der Waals surface area contributed by atoms with E-state index < -0.39 is 12.2 Å². The number of unbranched alkanes of at least 4 members (excludes halogenated alkanes) is 2. The maximum Gasteiger partial charge on any atom is 0.220 e. The molecule has 0 radical (unpaired) electrons. The van der Waals surface area contributed by atoms with Gasteiger partial charge in [0.2, 0.25) is 5.91 Å². The molecule has 160 valence electrons. The second kappa shape index (κ2) is 8.58. The molecule has 28 heavy (non-hydrogen) atoms. The lowest BCUT2D eigenvalue weighted by molar-refractivity contribution is -0.127. The number of likely N-dealkylation sites (tertiary alicyclic amines) is 1. The van der Waals surface area contributed by atoms with Crippen molar-refractivity contribution in [2.24, 2.45) is 23.7 Å². The molecule has 6 heteroatoms. The first-order chi connectivity index (χ1) is 13.5. The molecule has 1 saturated heterocycles. The van der Waals surface area contributed by atoms with Crippen LogP contribution in [0.2, 0.25) is 0 Å². The van der Waals surface area contributed by atoms with Crippen LogP contribution in [0, 0.1) is 23.7 Å². The Labute approximate surface area is 168 Å². The third kappa shape index (κ3) is 4.55. The molecule has 1 aliphatic heterocycles. The fourth-order valence-electron chi connectivity index (χ4n) is 6.97. The number of piperidine rings is 1. The lowest BCUT2D eigenvalue weighted by Crippen LogP contribution is -2.59. The molecule has 4 saturated carbocycles. The van der Waals surface area contributed by atoms with Gasteiger partial charge in [-0.05, 0) is 75.7 Å². The van der Waals surface area contributed by atoms with Crippen LogP contribution in [-0.2, 0) is 4.79 Å². The van der Waals surface area contributed by atoms with Crippen LogP contribution in [0.3, 0.4) is 0 Å². The monoisotopic (exact) mass is 394 g/mol. The maximum atomic E-state index is 12.5. The van der Waals surface area contributed by atoms with Crippen LogP contribution in [0.15, 0.2) is 0 Å². The molecule has 0 aromatic heterocycles. The molecule has 0 unspecified atom stereocenters. The summed E-state index contributed by atoms with van der Waals surface area (Å²) in [4.78, 5) is 14.7. The summed E-state index contributed by atoms with van der Waals surface area (Å²) in [5.74, 6) is 2.53. The molecule has 6 nitrogen and oxygen atoms in total. The van der Waals surface area contributed by atoms with Gasteiger partial charge in [0, 0.05) is 37.6 Å². The second-order valence-electron chi connectivity index (χ2n) is 10.3. The normalized spacial score (nSPS) is 42.7. The highest BCUT2D eigenvalue weighted by atomic mass is 16.3. The van der Waals surface area contributed by atoms with Crippen molar-refractivity contribution in [2.45, 2.75) is 82.0 Å². The van der Waals surface area contributed by atoms with Gasteiger partial charge in [0.1, 0.15) is 0 Å². The zero-order valence-electron chi connectivity index (χ0n) is 17.1. The summed E-state index contributed by atoms with van der Waals surface area (Å²) in [6.45, 7) is 1.83. The Bertz CT molecular complexity index is 519. The quantitative estimate of drug-likeness (QED) is 0.466. The fraction of sp³-hybridized carbons (Fsp3) is 0.955. The van der Waals surface area contributed by atoms with Crippen molar-refractivity contribution in [3.05, 3.63) is 0 Å². The molecule has 4 bridgehead atoms. The molecule has 0 aromatic carbocycles. The lowest BCUT2D eigenvalue weighted by atomic mass is 9.53. The predicted molar refractivity (Wildman–Crippen MR) is 107 cm³/mol. The van der Waals surface area contributed by atoms with E-state index in [4.69, 9.17) is 0 Å². The van der Waals surface area contributed by atoms with Gasteiger partial charge in [-0.1, -0.05) is 6.42 Å². The van der Waals surface area contributed by atoms with Crippen LogP contribution in [0.5, 0.6) is 0 Å². The molecule has 1 amide bonds. The highest BCUT2D eigenvalue weighted by Gasteiger charge is 2.51. The molecule has 5 aliphatic rings. The van der Waals surface area contributed by atoms with Crippen molar-refractivity contribution in [3.63, 3.8) is 0 Å². The standard InChI is InChI=1S/C22H38N2O4/c25-14-18-12-24(13-19(26)21(18)28)5-3-1-2-4-20(27)23-22-9-15-6-16(10-22)8-17(7-15)11-22/h15-19,21,25-26,28H,1-14H2,(H,23,27)/t15?,16?,17?,18-,19-,21-,22?/m1/s1. The fourth-order valence-corrected chi connectivity index (χ4v) is 6.97. The van der Waals surface area contributed by atoms with E-state index in [0.717, 1.165) is 43.6 Å². The summed E-state index contributed by atoms with van der Waals surface area (Å²) in [6, 6.07) is 0. The first-order valence-electron chi connectivity index (χ1n) is 11.5. The van der Waals surface area contributed by atoms with E-state index in [9.17, 15) is 20.1 Å². The predicted octanol–water partition coefficient (Wildman–Crippen LogP) is 1.28. The number of carbonyl (C=O) groups is 1. The Morgan fingerprint density at radius 1 is 0.964 bits per heavy atom. The van der Waals surface area contributed by atoms with E-state index in [1.807, 2.05) is 0 Å². The number of amides is 1. The van der Waals surface area contributed by atoms with Gasteiger partial charge in [-0.3, -0.25) is 4.79 Å². The number of hydrogen-bond donors (Lipinski definition) is 4. The van der Waals surface area contributed by atoms with Crippen LogP contribution in [-0.4, -0.2) is 70.1 Å². The Balaban J connectivity index is 1.13. The molecule has 5 rings (SSSR count). The molecular weight excluding hydrogens is 356 g/mol. The van der Waals surface area contributed by atoms with Gasteiger partial charge in [-0.2, -0.15) is 0 Å². The smallest absolute Gasteiger partial charge is 0.220 e. The molecular formula is C22H38N2O4. The molecule has 1 heterocycles. The molecule has 5 fully saturated rings. The third-order valence-electron chi connectivity index (χ3n) is 7.87. The molecule has 3 atom stereocenters. The van der Waals surface area contributed by atoms with Gasteiger partial charge >= 0.3 is 0 Å². The number of nitrogens with zero attached hydrogens (tertiary/aromatic N) is 1. The summed E-state index contributed by atoms with van der Waals surface area (Å²) in [5, 5.41) is 32.6. The Morgan fingerprint density at radius 2 is 1.61 bits per heavy atom. The number of nitrogens with one attached hydrogen (secondary N) is 1. The highest BCUT2D eigenvalue weighted by Crippen LogP contribution is 2.55. The largest absolute Gasteiger partial charge is 0.396 e. The minimum atomic E-state index is -0.825. The number of β-amino-alcohol motifs (C(OH)–C–C–N with tert-alkyl or cyclic N) is 1. The van der Waals surface area contributed by atoms with Crippen LogP contribution in [0.1, 0.15) is 64.2 Å². The second-order valence-corrected chi connectivity index (χ2v) is 10.3. The van der Waals surface area contributed by atoms with E-state index >= 15 is 0 Å². The first kappa shape index (κ1) is 20.6. The number of carbonyl (C=O) groups excluding carboxylic acids is 1. The SMILES string of the molecule is O=C(CCCCCN1C[C@H](CO)[C@@H](O)[C@H](O)C1)NC12CC3CC(CC(C3)C1)C2. The topological polar surface area (TPSA) is 93.0 Å². The van der Waals surface area contributed by atoms with Crippen LogP contribution < -0.4 is 5.32 Å². The van der Waals surface area contributed by atoms with E-state index in [1.54, 1.807) is 0 Å². The van der Waals surface area contributed by atoms with E-state index in [2.05, 4.69) is 10.2 Å². The summed E-state index contributed by atoms with van der Waals surface area (Å²) in [6.07, 6.45) is 9.70. The highest BCUT2D eigenvalue weighted by molar-refractivity contribution is 5.76. The van der Waals surface area contributed by atoms with Gasteiger partial charge in [-0.25, -0.2) is 0 Å². The molecule has 4 aliphatic carbocycles. The average Bonchev–Trinajstić information content (AvgIpc) is 2.62. The van der Waals surface area contributed by atoms with Gasteiger partial charge in [0.25, 0.3) is 0 Å². The van der Waals surface area contributed by atoms with E-state index in [-0.39, 0.29) is 24.0 Å². The van der Waals surface area contributed by atoms with Crippen molar-refractivity contribution < 1.29 is 20.1 Å². The summed E-state index contributed by atoms with van der Waals surface area (Å²) < 4.78 is 0. The van der Waals surface area contributed by atoms with Gasteiger partial charge in [-0.15, -0.1) is 0 Å². The number of rotatable bonds is 8. The minimum absolute atomic E-state index is 0.0980. The van der Waals surface area contributed by atoms with Crippen molar-refractivity contribution in [1.82, 2.24) is 10.2 Å². The molecule has 0 spiro atoms. The molecule has 0 aromatic rings. The van der Waals surface area contributed by atoms with E-state index in [0.29, 0.717) is 19.5 Å². The third-order valence-corrected chi connectivity index (χ3v) is 7.87. The Kier molecular flexibility index (Phi) is 6.31. The van der Waals surface area contributed by atoms with Crippen molar-refractivity contribution in [2.75, 3.05) is 26.2 Å². The van der Waals surface area contributed by atoms with Gasteiger partial charge in [0.05, 0.1) is 12.2 Å². The van der Waals surface area contributed by atoms with Crippen molar-refractivity contribution in [1.29, 1.82) is 0 Å². The van der Waals surface area contributed by atoms with Crippen molar-refractivity contribution >= 4 is 5.91 Å². The molecule has 4 N–H and O–H groups in total. The maximum absolute atomic E-state index is 12.5. The zero-order valence-corrected chi connectivity index (χ0v) is 17.1. The first-order valence-corrected chi connectivity index (χ1v) is 11.5. The number of aliphatic hydroxyl groups is 3. The summed E-state index contributed by atoms with van der Waals surface area (Å²) in [7, 11) is 0. The minimum Gasteiger partial charge on any atom is -0.396 e. The van der Waals surface area contributed by atoms with Crippen LogP contribution >= 0.6 is 0 Å². The summed E-state index contributed by atoms with van der Waals surface area (Å²) in [5.41, 5.74) is 0.121. The average molecular weight is 395 g/mol. The van der Waals surface area contributed by atoms with Gasteiger partial charge < -0.3 is 25.5 Å². The van der Waals surface area contributed by atoms with Crippen molar-refractivity contribution in [3.8, 4) is 0 Å². The Hall–Kier alpha value is -0.690. The summed E-state index contributed by atoms with van der Waals surface area (Å²) >= 11 is 0. The lowest BCUT2D eigenvalue weighted by Gasteiger charge is -2.56. The van der Waals surface area contributed by atoms with Crippen LogP contribution in [0.25, 0.3) is 0 Å². The number of hydrogen-bond acceptors (Lipinski definition) is 5. The van der Waals surface area contributed by atoms with E-state index in [1.165, 1.54) is 38.5 Å². The Morgan fingerprint density at radius 3 is 2.21 bits per heavy atom.